The fraction of sp³-hybridized carbons (Fsp3) is 0.450. The van der Waals surface area contributed by atoms with Crippen LogP contribution in [-0.2, 0) is 18.3 Å². The number of para-hydroxylation sites is 1. The smallest absolute Gasteiger partial charge is 0.225 e. The van der Waals surface area contributed by atoms with Crippen molar-refractivity contribution < 1.29 is 4.79 Å². The highest BCUT2D eigenvalue weighted by Crippen LogP contribution is 2.31. The van der Waals surface area contributed by atoms with Gasteiger partial charge in [0.2, 0.25) is 5.91 Å². The first-order valence-corrected chi connectivity index (χ1v) is 9.35. The number of hydrogen-bond acceptors (Lipinski definition) is 3. The van der Waals surface area contributed by atoms with E-state index in [-0.39, 0.29) is 11.9 Å². The molecule has 6 heteroatoms. The molecule has 1 atom stereocenters. The van der Waals surface area contributed by atoms with E-state index in [1.54, 1.807) is 6.33 Å². The van der Waals surface area contributed by atoms with Gasteiger partial charge in [-0.25, -0.2) is 0 Å². The third kappa shape index (κ3) is 3.11. The standard InChI is InChI=1S/C20H25N5O/c1-14(20-23-21-13-25(20)16-7-3-4-8-16)22-19(26)11-15-12-24(2)18-10-6-5-9-17(15)18/h5-6,9-10,12-14,16H,3-4,7-8,11H2,1-2H3,(H,22,26). The van der Waals surface area contributed by atoms with Crippen LogP contribution in [0.5, 0.6) is 0 Å². The Hall–Kier alpha value is -2.63. The van der Waals surface area contributed by atoms with E-state index in [1.807, 2.05) is 32.3 Å². The molecule has 1 N–H and O–H groups in total. The summed E-state index contributed by atoms with van der Waals surface area (Å²) in [6.07, 6.45) is 9.05. The monoisotopic (exact) mass is 351 g/mol. The number of rotatable bonds is 5. The lowest BCUT2D eigenvalue weighted by molar-refractivity contribution is -0.121. The summed E-state index contributed by atoms with van der Waals surface area (Å²) in [5, 5.41) is 12.6. The predicted molar refractivity (Wildman–Crippen MR) is 101 cm³/mol. The maximum absolute atomic E-state index is 12.6. The van der Waals surface area contributed by atoms with Gasteiger partial charge in [-0.3, -0.25) is 4.79 Å². The highest BCUT2D eigenvalue weighted by molar-refractivity contribution is 5.89. The molecule has 1 aliphatic rings. The lowest BCUT2D eigenvalue weighted by Crippen LogP contribution is -2.30. The number of benzene rings is 1. The van der Waals surface area contributed by atoms with E-state index in [9.17, 15) is 4.79 Å². The number of aryl methyl sites for hydroxylation is 1. The van der Waals surface area contributed by atoms with E-state index >= 15 is 0 Å². The molecule has 0 bridgehead atoms. The average molecular weight is 351 g/mol. The Morgan fingerprint density at radius 3 is 2.88 bits per heavy atom. The van der Waals surface area contributed by atoms with Gasteiger partial charge in [-0.05, 0) is 31.4 Å². The fourth-order valence-electron chi connectivity index (χ4n) is 4.12. The molecule has 1 amide bonds. The molecule has 6 nitrogen and oxygen atoms in total. The molecule has 1 aliphatic carbocycles. The zero-order chi connectivity index (χ0) is 18.1. The van der Waals surface area contributed by atoms with Crippen molar-refractivity contribution in [2.45, 2.75) is 51.1 Å². The molecule has 2 heterocycles. The Bertz CT molecular complexity index is 919. The first-order chi connectivity index (χ1) is 12.6. The zero-order valence-electron chi connectivity index (χ0n) is 15.4. The van der Waals surface area contributed by atoms with Crippen LogP contribution in [0.2, 0.25) is 0 Å². The molecule has 3 aromatic rings. The highest BCUT2D eigenvalue weighted by Gasteiger charge is 2.23. The summed E-state index contributed by atoms with van der Waals surface area (Å²) in [6.45, 7) is 1.98. The van der Waals surface area contributed by atoms with Crippen LogP contribution < -0.4 is 5.32 Å². The molecule has 0 radical (unpaired) electrons. The summed E-state index contributed by atoms with van der Waals surface area (Å²) < 4.78 is 4.22. The number of hydrogen-bond donors (Lipinski definition) is 1. The Balaban J connectivity index is 1.47. The number of carbonyl (C=O) groups excluding carboxylic acids is 1. The molecular formula is C20H25N5O. The summed E-state index contributed by atoms with van der Waals surface area (Å²) in [5.74, 6) is 0.859. The van der Waals surface area contributed by atoms with Gasteiger partial charge in [-0.2, -0.15) is 0 Å². The van der Waals surface area contributed by atoms with Gasteiger partial charge in [0.05, 0.1) is 12.5 Å². The molecule has 136 valence electrons. The number of nitrogens with one attached hydrogen (secondary N) is 1. The van der Waals surface area contributed by atoms with Gasteiger partial charge < -0.3 is 14.5 Å². The highest BCUT2D eigenvalue weighted by atomic mass is 16.1. The van der Waals surface area contributed by atoms with Crippen molar-refractivity contribution in [3.8, 4) is 0 Å². The Kier molecular flexibility index (Phi) is 4.49. The van der Waals surface area contributed by atoms with Gasteiger partial charge in [0.15, 0.2) is 5.82 Å². The molecule has 1 aromatic carbocycles. The van der Waals surface area contributed by atoms with E-state index in [0.717, 1.165) is 22.3 Å². The second kappa shape index (κ2) is 6.94. The van der Waals surface area contributed by atoms with E-state index in [4.69, 9.17) is 0 Å². The number of nitrogens with zero attached hydrogens (tertiary/aromatic N) is 4. The van der Waals surface area contributed by atoms with E-state index < -0.39 is 0 Å². The minimum Gasteiger partial charge on any atom is -0.350 e. The average Bonchev–Trinajstić information content (AvgIpc) is 3.35. The summed E-state index contributed by atoms with van der Waals surface area (Å²) in [5.41, 5.74) is 2.19. The van der Waals surface area contributed by atoms with Crippen molar-refractivity contribution >= 4 is 16.8 Å². The lowest BCUT2D eigenvalue weighted by atomic mass is 10.1. The Morgan fingerprint density at radius 1 is 1.31 bits per heavy atom. The summed E-state index contributed by atoms with van der Waals surface area (Å²) in [4.78, 5) is 12.6. The maximum Gasteiger partial charge on any atom is 0.225 e. The van der Waals surface area contributed by atoms with Gasteiger partial charge in [-0.1, -0.05) is 31.0 Å². The van der Waals surface area contributed by atoms with Crippen molar-refractivity contribution in [2.24, 2.45) is 7.05 Å². The quantitative estimate of drug-likeness (QED) is 0.767. The second-order valence-electron chi connectivity index (χ2n) is 7.28. The third-order valence-electron chi connectivity index (χ3n) is 5.41. The minimum absolute atomic E-state index is 0.00910. The van der Waals surface area contributed by atoms with Gasteiger partial charge in [0.1, 0.15) is 6.33 Å². The summed E-state index contributed by atoms with van der Waals surface area (Å²) in [6, 6.07) is 8.49. The van der Waals surface area contributed by atoms with E-state index in [1.165, 1.54) is 25.7 Å². The molecule has 1 unspecified atom stereocenters. The van der Waals surface area contributed by atoms with Crippen LogP contribution in [0.4, 0.5) is 0 Å². The van der Waals surface area contributed by atoms with E-state index in [2.05, 4.69) is 36.8 Å². The van der Waals surface area contributed by atoms with Crippen LogP contribution in [0.15, 0.2) is 36.8 Å². The van der Waals surface area contributed by atoms with Crippen LogP contribution in [-0.4, -0.2) is 25.2 Å². The SMILES string of the molecule is CC(NC(=O)Cc1cn(C)c2ccccc12)c1nncn1C1CCCC1. The van der Waals surface area contributed by atoms with Crippen LogP contribution in [0.3, 0.4) is 0 Å². The normalized spacial score (nSPS) is 16.2. The van der Waals surface area contributed by atoms with Gasteiger partial charge in [0.25, 0.3) is 0 Å². The second-order valence-corrected chi connectivity index (χ2v) is 7.28. The molecule has 0 spiro atoms. The third-order valence-corrected chi connectivity index (χ3v) is 5.41. The summed E-state index contributed by atoms with van der Waals surface area (Å²) >= 11 is 0. The molecule has 4 rings (SSSR count). The maximum atomic E-state index is 12.6. The number of aromatic nitrogens is 4. The van der Waals surface area contributed by atoms with Crippen molar-refractivity contribution in [1.82, 2.24) is 24.6 Å². The van der Waals surface area contributed by atoms with Crippen LogP contribution >= 0.6 is 0 Å². The topological polar surface area (TPSA) is 64.7 Å². The van der Waals surface area contributed by atoms with Crippen LogP contribution in [0.1, 0.15) is 56.1 Å². The fourth-order valence-corrected chi connectivity index (χ4v) is 4.12. The largest absolute Gasteiger partial charge is 0.350 e. The van der Waals surface area contributed by atoms with Gasteiger partial charge in [-0.15, -0.1) is 10.2 Å². The molecule has 26 heavy (non-hydrogen) atoms. The van der Waals surface area contributed by atoms with Crippen molar-refractivity contribution in [2.75, 3.05) is 0 Å². The minimum atomic E-state index is -0.152. The van der Waals surface area contributed by atoms with Crippen molar-refractivity contribution in [1.29, 1.82) is 0 Å². The molecular weight excluding hydrogens is 326 g/mol. The first kappa shape index (κ1) is 16.8. The van der Waals surface area contributed by atoms with Crippen LogP contribution in [0.25, 0.3) is 10.9 Å². The zero-order valence-corrected chi connectivity index (χ0v) is 15.4. The number of amides is 1. The summed E-state index contributed by atoms with van der Waals surface area (Å²) in [7, 11) is 2.01. The number of fused-ring (bicyclic) bond motifs is 1. The molecule has 1 fully saturated rings. The first-order valence-electron chi connectivity index (χ1n) is 9.35. The number of carbonyl (C=O) groups is 1. The van der Waals surface area contributed by atoms with Crippen molar-refractivity contribution in [3.63, 3.8) is 0 Å². The van der Waals surface area contributed by atoms with Gasteiger partial charge in [0, 0.05) is 30.2 Å². The molecule has 1 saturated carbocycles. The van der Waals surface area contributed by atoms with Crippen molar-refractivity contribution in [3.05, 3.63) is 48.2 Å². The van der Waals surface area contributed by atoms with Gasteiger partial charge >= 0.3 is 0 Å². The molecule has 0 saturated heterocycles. The Morgan fingerprint density at radius 2 is 2.08 bits per heavy atom. The van der Waals surface area contributed by atoms with Crippen LogP contribution in [0, 0.1) is 0 Å². The Labute approximate surface area is 153 Å². The van der Waals surface area contributed by atoms with E-state index in [0.29, 0.717) is 12.5 Å². The molecule has 2 aromatic heterocycles. The lowest BCUT2D eigenvalue weighted by Gasteiger charge is -2.18. The molecule has 0 aliphatic heterocycles. The predicted octanol–water partition coefficient (Wildman–Crippen LogP) is 3.30.